The molecule has 7 rings (SSSR count). The zero-order valence-electron chi connectivity index (χ0n) is 26.8. The number of morpholine rings is 1. The van der Waals surface area contributed by atoms with E-state index in [0.717, 1.165) is 25.7 Å². The number of carbonyl (C=O) groups is 2. The molecule has 3 aliphatic rings. The number of pyridine rings is 2. The van der Waals surface area contributed by atoms with Gasteiger partial charge in [-0.3, -0.25) is 19.3 Å². The Morgan fingerprint density at radius 1 is 1.04 bits per heavy atom. The summed E-state index contributed by atoms with van der Waals surface area (Å²) >= 11 is 0. The third-order valence-electron chi connectivity index (χ3n) is 9.38. The van der Waals surface area contributed by atoms with Crippen molar-refractivity contribution in [2.24, 2.45) is 7.05 Å². The predicted molar refractivity (Wildman–Crippen MR) is 175 cm³/mol. The van der Waals surface area contributed by atoms with Gasteiger partial charge in [0.2, 0.25) is 0 Å². The molecule has 1 saturated heterocycles. The van der Waals surface area contributed by atoms with Gasteiger partial charge in [0.1, 0.15) is 23.0 Å². The molecule has 1 fully saturated rings. The van der Waals surface area contributed by atoms with Gasteiger partial charge in [0, 0.05) is 49.4 Å². The fraction of sp³-hybridized carbons (Fsp3) is 0.412. The number of carbonyl (C=O) groups excluding carboxylic acids is 2. The van der Waals surface area contributed by atoms with E-state index in [9.17, 15) is 19.5 Å². The topological polar surface area (TPSA) is 148 Å². The highest BCUT2D eigenvalue weighted by Gasteiger charge is 2.33. The van der Waals surface area contributed by atoms with Crippen molar-refractivity contribution in [3.8, 4) is 11.3 Å². The second kappa shape index (κ2) is 12.4. The molecule has 0 bridgehead atoms. The molecule has 47 heavy (non-hydrogen) atoms. The summed E-state index contributed by atoms with van der Waals surface area (Å²) in [6.45, 7) is 5.57. The molecule has 6 heterocycles. The minimum absolute atomic E-state index is 0.0513. The normalized spacial score (nSPS) is 19.4. The van der Waals surface area contributed by atoms with Gasteiger partial charge in [-0.2, -0.15) is 5.10 Å². The Morgan fingerprint density at radius 3 is 2.57 bits per heavy atom. The van der Waals surface area contributed by atoms with Gasteiger partial charge in [0.15, 0.2) is 0 Å². The Bertz CT molecular complexity index is 1910. The molecular weight excluding hydrogens is 600 g/mol. The average Bonchev–Trinajstić information content (AvgIpc) is 3.46. The van der Waals surface area contributed by atoms with Gasteiger partial charge in [-0.05, 0) is 75.4 Å². The number of aromatic nitrogens is 5. The molecule has 2 aliphatic heterocycles. The summed E-state index contributed by atoms with van der Waals surface area (Å²) in [6.07, 6.45) is 7.31. The number of nitrogens with zero attached hydrogens (tertiary/aromatic N) is 7. The molecule has 1 aliphatic carbocycles. The Kier molecular flexibility index (Phi) is 8.10. The molecule has 4 aromatic heterocycles. The van der Waals surface area contributed by atoms with Crippen LogP contribution in [0.15, 0.2) is 47.5 Å². The quantitative estimate of drug-likeness (QED) is 0.325. The molecule has 0 spiro atoms. The van der Waals surface area contributed by atoms with Crippen LogP contribution in [0.25, 0.3) is 11.3 Å². The van der Waals surface area contributed by atoms with Crippen molar-refractivity contribution in [3.05, 3.63) is 81.2 Å². The maximum Gasteiger partial charge on any atom is 0.290 e. The zero-order chi connectivity index (χ0) is 32.8. The third kappa shape index (κ3) is 5.48. The van der Waals surface area contributed by atoms with Crippen molar-refractivity contribution in [2.75, 3.05) is 30.0 Å². The molecule has 2 N–H and O–H groups in total. The van der Waals surface area contributed by atoms with Gasteiger partial charge in [0.25, 0.3) is 17.4 Å². The van der Waals surface area contributed by atoms with E-state index in [-0.39, 0.29) is 41.8 Å². The number of hydrogen-bond acceptors (Lipinski definition) is 9. The molecule has 0 radical (unpaired) electrons. The molecular formula is C34H38N8O5. The highest BCUT2D eigenvalue weighted by atomic mass is 16.5. The Morgan fingerprint density at radius 2 is 1.83 bits per heavy atom. The van der Waals surface area contributed by atoms with Gasteiger partial charge in [-0.15, -0.1) is 0 Å². The summed E-state index contributed by atoms with van der Waals surface area (Å²) < 4.78 is 8.90. The minimum atomic E-state index is -0.387. The molecule has 0 saturated carbocycles. The van der Waals surface area contributed by atoms with Crippen molar-refractivity contribution in [2.45, 2.75) is 64.8 Å². The van der Waals surface area contributed by atoms with Crippen LogP contribution in [0, 0.1) is 0 Å². The summed E-state index contributed by atoms with van der Waals surface area (Å²) in [4.78, 5) is 52.5. The number of amides is 2. The number of nitrogens with one attached hydrogen (secondary N) is 1. The lowest BCUT2D eigenvalue weighted by atomic mass is 9.98. The summed E-state index contributed by atoms with van der Waals surface area (Å²) in [5.74, 6) is 0.475. The molecule has 2 amide bonds. The van der Waals surface area contributed by atoms with Crippen LogP contribution in [0.2, 0.25) is 0 Å². The van der Waals surface area contributed by atoms with Crippen molar-refractivity contribution >= 4 is 29.1 Å². The van der Waals surface area contributed by atoms with Crippen LogP contribution in [-0.4, -0.2) is 78.0 Å². The number of fused-ring (bicyclic) bond motifs is 3. The molecule has 2 atom stereocenters. The van der Waals surface area contributed by atoms with Crippen LogP contribution in [0.1, 0.15) is 64.4 Å². The van der Waals surface area contributed by atoms with Crippen molar-refractivity contribution in [1.82, 2.24) is 29.2 Å². The van der Waals surface area contributed by atoms with Gasteiger partial charge >= 0.3 is 0 Å². The van der Waals surface area contributed by atoms with E-state index in [4.69, 9.17) is 4.74 Å². The first kappa shape index (κ1) is 30.8. The average molecular weight is 639 g/mol. The maximum atomic E-state index is 13.8. The predicted octanol–water partition coefficient (Wildman–Crippen LogP) is 3.06. The number of hydrogen-bond donors (Lipinski definition) is 2. The Hall–Kier alpha value is -4.88. The molecule has 4 aromatic rings. The first-order valence-electron chi connectivity index (χ1n) is 16.1. The molecule has 0 aromatic carbocycles. The summed E-state index contributed by atoms with van der Waals surface area (Å²) in [5, 5.41) is 18.1. The van der Waals surface area contributed by atoms with Crippen LogP contribution < -0.4 is 15.8 Å². The Labute approximate surface area is 271 Å². The fourth-order valence-corrected chi connectivity index (χ4v) is 7.06. The number of ether oxygens (including phenoxy) is 1. The molecule has 244 valence electrons. The van der Waals surface area contributed by atoms with Gasteiger partial charge in [0.05, 0.1) is 43.2 Å². The van der Waals surface area contributed by atoms with Crippen LogP contribution in [0.4, 0.5) is 17.3 Å². The standard InChI is InChI=1S/C34H38N8O5/c1-20-18-47-19-21(2)42(20)32(44)23-8-9-30(36-16-23)37-27-15-26(38-39(3)33(27)45)24-10-11-35-31(25(24)17-43)41-13-12-40-28-7-5-4-6-22(28)14-29(40)34(41)46/h8-11,14-16,20-21,43H,4-7,12-13,17-19H2,1-3H3,(H,36,37)/t20-,21+. The first-order chi connectivity index (χ1) is 22.7. The minimum Gasteiger partial charge on any atom is -0.392 e. The summed E-state index contributed by atoms with van der Waals surface area (Å²) in [5.41, 5.74) is 4.82. The summed E-state index contributed by atoms with van der Waals surface area (Å²) in [7, 11) is 1.54. The maximum absolute atomic E-state index is 13.8. The van der Waals surface area contributed by atoms with E-state index < -0.39 is 0 Å². The number of aryl methyl sites for hydroxylation is 2. The van der Waals surface area contributed by atoms with Crippen LogP contribution in [0.5, 0.6) is 0 Å². The Balaban J connectivity index is 1.17. The van der Waals surface area contributed by atoms with Gasteiger partial charge in [-0.25, -0.2) is 14.6 Å². The number of anilines is 3. The summed E-state index contributed by atoms with van der Waals surface area (Å²) in [6, 6.07) is 8.55. The van der Waals surface area contributed by atoms with E-state index >= 15 is 0 Å². The third-order valence-corrected chi connectivity index (χ3v) is 9.38. The lowest BCUT2D eigenvalue weighted by molar-refractivity contribution is -0.0249. The highest BCUT2D eigenvalue weighted by Crippen LogP contribution is 2.34. The number of aliphatic hydroxyl groups excluding tert-OH is 1. The largest absolute Gasteiger partial charge is 0.392 e. The highest BCUT2D eigenvalue weighted by molar-refractivity contribution is 6.06. The van der Waals surface area contributed by atoms with Crippen LogP contribution in [-0.2, 0) is 37.8 Å². The molecule has 13 nitrogen and oxygen atoms in total. The van der Waals surface area contributed by atoms with Crippen molar-refractivity contribution in [1.29, 1.82) is 0 Å². The number of rotatable bonds is 6. The SMILES string of the molecule is C[C@@H]1COC[C@H](C)N1C(=O)c1ccc(Nc2cc(-c3ccnc(N4CCn5c(cc6c5CCCC6)C4=O)c3CO)nn(C)c2=O)nc1. The number of aliphatic hydroxyl groups is 1. The van der Waals surface area contributed by atoms with Crippen LogP contribution >= 0.6 is 0 Å². The lowest BCUT2D eigenvalue weighted by Crippen LogP contribution is -2.52. The van der Waals surface area contributed by atoms with Crippen LogP contribution in [0.3, 0.4) is 0 Å². The van der Waals surface area contributed by atoms with Gasteiger partial charge in [-0.1, -0.05) is 0 Å². The first-order valence-corrected chi connectivity index (χ1v) is 16.1. The van der Waals surface area contributed by atoms with Crippen molar-refractivity contribution < 1.29 is 19.4 Å². The van der Waals surface area contributed by atoms with Gasteiger partial charge < -0.3 is 24.6 Å². The molecule has 0 unspecified atom stereocenters. The van der Waals surface area contributed by atoms with E-state index in [0.29, 0.717) is 66.0 Å². The second-order valence-electron chi connectivity index (χ2n) is 12.5. The monoisotopic (exact) mass is 638 g/mol. The van der Waals surface area contributed by atoms with Crippen molar-refractivity contribution in [3.63, 3.8) is 0 Å². The van der Waals surface area contributed by atoms with E-state index in [1.54, 1.807) is 42.4 Å². The fourth-order valence-electron chi connectivity index (χ4n) is 7.06. The molecule has 13 heteroatoms. The van der Waals surface area contributed by atoms with E-state index in [2.05, 4.69) is 25.0 Å². The lowest BCUT2D eigenvalue weighted by Gasteiger charge is -2.38. The van der Waals surface area contributed by atoms with E-state index in [1.807, 2.05) is 24.8 Å². The van der Waals surface area contributed by atoms with E-state index in [1.165, 1.54) is 22.1 Å². The smallest absolute Gasteiger partial charge is 0.290 e. The zero-order valence-corrected chi connectivity index (χ0v) is 26.8. The second-order valence-corrected chi connectivity index (χ2v) is 12.5.